The highest BCUT2D eigenvalue weighted by atomic mass is 16.5. The number of methoxy groups -OCH3 is 1. The van der Waals surface area contributed by atoms with Gasteiger partial charge in [0.15, 0.2) is 0 Å². The minimum atomic E-state index is -0.236. The number of ether oxygens (including phenoxy) is 1. The van der Waals surface area contributed by atoms with Gasteiger partial charge in [0.1, 0.15) is 0 Å². The van der Waals surface area contributed by atoms with Crippen LogP contribution in [0.5, 0.6) is 0 Å². The van der Waals surface area contributed by atoms with Crippen molar-refractivity contribution in [2.75, 3.05) is 7.11 Å². The van der Waals surface area contributed by atoms with Crippen molar-refractivity contribution in [1.82, 2.24) is 0 Å². The van der Waals surface area contributed by atoms with Gasteiger partial charge in [0, 0.05) is 19.8 Å². The first kappa shape index (κ1) is 10.7. The molecular weight excluding hydrogens is 156 g/mol. The standard InChI is InChI=1S/C9H12O3/c1-8(10)6-4-3-5-7-9(11)12-2/h3,5,7H2,1-2H3. The van der Waals surface area contributed by atoms with Crippen LogP contribution in [0, 0.1) is 11.8 Å². The molecule has 0 aliphatic carbocycles. The van der Waals surface area contributed by atoms with Gasteiger partial charge in [-0.1, -0.05) is 5.92 Å². The molecule has 0 rings (SSSR count). The van der Waals surface area contributed by atoms with Crippen LogP contribution >= 0.6 is 0 Å². The third-order valence-corrected chi connectivity index (χ3v) is 1.17. The average Bonchev–Trinajstić information content (AvgIpc) is 2.03. The molecule has 0 spiro atoms. The molecule has 0 radical (unpaired) electrons. The predicted octanol–water partition coefficient (Wildman–Crippen LogP) is 0.922. The van der Waals surface area contributed by atoms with E-state index in [1.807, 2.05) is 0 Å². The van der Waals surface area contributed by atoms with E-state index in [0.29, 0.717) is 19.3 Å². The lowest BCUT2D eigenvalue weighted by Gasteiger charge is -1.93. The molecule has 0 amide bonds. The zero-order valence-electron chi connectivity index (χ0n) is 7.35. The Morgan fingerprint density at radius 1 is 1.42 bits per heavy atom. The van der Waals surface area contributed by atoms with Crippen LogP contribution in [0.3, 0.4) is 0 Å². The summed E-state index contributed by atoms with van der Waals surface area (Å²) >= 11 is 0. The first-order chi connectivity index (χ1) is 5.66. The molecule has 3 nitrogen and oxygen atoms in total. The van der Waals surface area contributed by atoms with Crippen LogP contribution in [0.25, 0.3) is 0 Å². The molecular formula is C9H12O3. The molecule has 0 N–H and O–H groups in total. The summed E-state index contributed by atoms with van der Waals surface area (Å²) in [7, 11) is 1.35. The minimum absolute atomic E-state index is 0.145. The first-order valence-electron chi connectivity index (χ1n) is 3.73. The Morgan fingerprint density at radius 3 is 2.58 bits per heavy atom. The van der Waals surface area contributed by atoms with Gasteiger partial charge < -0.3 is 4.74 Å². The molecule has 0 heterocycles. The second-order valence-corrected chi connectivity index (χ2v) is 2.29. The van der Waals surface area contributed by atoms with Gasteiger partial charge in [-0.25, -0.2) is 0 Å². The van der Waals surface area contributed by atoms with Crippen molar-refractivity contribution in [2.24, 2.45) is 0 Å². The van der Waals surface area contributed by atoms with Crippen LogP contribution in [-0.2, 0) is 14.3 Å². The van der Waals surface area contributed by atoms with E-state index < -0.39 is 0 Å². The van der Waals surface area contributed by atoms with Crippen LogP contribution in [0.1, 0.15) is 26.2 Å². The number of hydrogen-bond donors (Lipinski definition) is 0. The van der Waals surface area contributed by atoms with Gasteiger partial charge in [-0.15, -0.1) is 0 Å². The molecule has 0 saturated heterocycles. The fraction of sp³-hybridized carbons (Fsp3) is 0.556. The molecule has 0 unspecified atom stereocenters. The number of rotatable bonds is 3. The van der Waals surface area contributed by atoms with Crippen molar-refractivity contribution in [3.05, 3.63) is 0 Å². The van der Waals surface area contributed by atoms with Crippen LogP contribution in [0.4, 0.5) is 0 Å². The molecule has 0 saturated carbocycles. The molecule has 3 heteroatoms. The van der Waals surface area contributed by atoms with Gasteiger partial charge in [0.2, 0.25) is 5.78 Å². The number of hydrogen-bond acceptors (Lipinski definition) is 3. The summed E-state index contributed by atoms with van der Waals surface area (Å²) in [6, 6.07) is 0. The van der Waals surface area contributed by atoms with Gasteiger partial charge in [0.25, 0.3) is 0 Å². The number of carbonyl (C=O) groups excluding carboxylic acids is 2. The van der Waals surface area contributed by atoms with E-state index >= 15 is 0 Å². The maximum Gasteiger partial charge on any atom is 0.305 e. The van der Waals surface area contributed by atoms with E-state index in [0.717, 1.165) is 0 Å². The Labute approximate surface area is 72.1 Å². The average molecular weight is 168 g/mol. The maximum atomic E-state index is 10.6. The van der Waals surface area contributed by atoms with E-state index in [2.05, 4.69) is 16.6 Å². The fourth-order valence-corrected chi connectivity index (χ4v) is 0.610. The van der Waals surface area contributed by atoms with Crippen molar-refractivity contribution in [3.8, 4) is 11.8 Å². The third-order valence-electron chi connectivity index (χ3n) is 1.17. The quantitative estimate of drug-likeness (QED) is 0.272. The highest BCUT2D eigenvalue weighted by Gasteiger charge is 1.96. The maximum absolute atomic E-state index is 10.6. The molecule has 0 aliphatic heterocycles. The summed E-state index contributed by atoms with van der Waals surface area (Å²) in [5.41, 5.74) is 0. The second-order valence-electron chi connectivity index (χ2n) is 2.29. The molecule has 0 aliphatic rings. The summed E-state index contributed by atoms with van der Waals surface area (Å²) in [5.74, 6) is 4.67. The Kier molecular flexibility index (Phi) is 5.72. The Balaban J connectivity index is 3.41. The van der Waals surface area contributed by atoms with Gasteiger partial charge in [0.05, 0.1) is 7.11 Å². The van der Waals surface area contributed by atoms with Gasteiger partial charge in [-0.2, -0.15) is 0 Å². The molecule has 12 heavy (non-hydrogen) atoms. The van der Waals surface area contributed by atoms with Crippen LogP contribution < -0.4 is 0 Å². The lowest BCUT2D eigenvalue weighted by molar-refractivity contribution is -0.140. The Morgan fingerprint density at radius 2 is 2.08 bits per heavy atom. The topological polar surface area (TPSA) is 43.4 Å². The molecule has 0 aromatic carbocycles. The van der Waals surface area contributed by atoms with E-state index in [1.54, 1.807) is 0 Å². The predicted molar refractivity (Wildman–Crippen MR) is 44.3 cm³/mol. The van der Waals surface area contributed by atoms with Crippen LogP contribution in [0.2, 0.25) is 0 Å². The number of carbonyl (C=O) groups is 2. The summed E-state index contributed by atoms with van der Waals surface area (Å²) in [6.45, 7) is 1.41. The molecule has 66 valence electrons. The number of Topliss-reactive ketones (excluding diaryl/α,β-unsaturated/α-hetero) is 1. The normalized spacial score (nSPS) is 8.17. The van der Waals surface area contributed by atoms with Crippen molar-refractivity contribution < 1.29 is 14.3 Å². The van der Waals surface area contributed by atoms with Gasteiger partial charge in [-0.05, 0) is 12.3 Å². The van der Waals surface area contributed by atoms with Gasteiger partial charge >= 0.3 is 5.97 Å². The Hall–Kier alpha value is -1.30. The minimum Gasteiger partial charge on any atom is -0.469 e. The molecule has 0 fully saturated rings. The van der Waals surface area contributed by atoms with Crippen LogP contribution in [-0.4, -0.2) is 18.9 Å². The largest absolute Gasteiger partial charge is 0.469 e. The van der Waals surface area contributed by atoms with Crippen molar-refractivity contribution in [2.45, 2.75) is 26.2 Å². The first-order valence-corrected chi connectivity index (χ1v) is 3.73. The number of unbranched alkanes of at least 4 members (excludes halogenated alkanes) is 1. The fourth-order valence-electron chi connectivity index (χ4n) is 0.610. The van der Waals surface area contributed by atoms with Crippen molar-refractivity contribution >= 4 is 11.8 Å². The zero-order valence-corrected chi connectivity index (χ0v) is 7.35. The molecule has 0 atom stereocenters. The zero-order chi connectivity index (χ0) is 9.40. The molecule has 0 aromatic heterocycles. The number of esters is 1. The third kappa shape index (κ3) is 6.81. The smallest absolute Gasteiger partial charge is 0.305 e. The van der Waals surface area contributed by atoms with E-state index in [4.69, 9.17) is 0 Å². The molecule has 0 bridgehead atoms. The van der Waals surface area contributed by atoms with E-state index in [1.165, 1.54) is 14.0 Å². The summed E-state index contributed by atoms with van der Waals surface area (Å²) in [4.78, 5) is 20.9. The van der Waals surface area contributed by atoms with Crippen molar-refractivity contribution in [1.29, 1.82) is 0 Å². The lowest BCUT2D eigenvalue weighted by Crippen LogP contribution is -1.98. The van der Waals surface area contributed by atoms with E-state index in [-0.39, 0.29) is 11.8 Å². The number of ketones is 1. The lowest BCUT2D eigenvalue weighted by atomic mass is 10.2. The highest BCUT2D eigenvalue weighted by molar-refractivity contribution is 5.93. The van der Waals surface area contributed by atoms with Crippen LogP contribution in [0.15, 0.2) is 0 Å². The second kappa shape index (κ2) is 6.41. The summed E-state index contributed by atoms with van der Waals surface area (Å²) in [6.07, 6.45) is 1.57. The Bertz CT molecular complexity index is 220. The monoisotopic (exact) mass is 168 g/mol. The van der Waals surface area contributed by atoms with Gasteiger partial charge in [-0.3, -0.25) is 9.59 Å². The highest BCUT2D eigenvalue weighted by Crippen LogP contribution is 1.94. The SMILES string of the molecule is COC(=O)CCCC#CC(C)=O. The summed E-state index contributed by atoms with van der Waals surface area (Å²) < 4.78 is 4.42. The summed E-state index contributed by atoms with van der Waals surface area (Å²) in [5, 5.41) is 0. The molecule has 0 aromatic rings. The van der Waals surface area contributed by atoms with E-state index in [9.17, 15) is 9.59 Å². The van der Waals surface area contributed by atoms with Crippen molar-refractivity contribution in [3.63, 3.8) is 0 Å².